The third kappa shape index (κ3) is 3.52. The number of hydrogen-bond donors (Lipinski definition) is 2. The zero-order chi connectivity index (χ0) is 23.1. The van der Waals surface area contributed by atoms with E-state index in [0.717, 1.165) is 40.9 Å². The minimum Gasteiger partial charge on any atom is -0.357 e. The zero-order valence-corrected chi connectivity index (χ0v) is 18.2. The van der Waals surface area contributed by atoms with Crippen molar-refractivity contribution >= 4 is 16.6 Å². The van der Waals surface area contributed by atoms with Crippen molar-refractivity contribution < 1.29 is 4.92 Å². The molecule has 2 aromatic heterocycles. The Morgan fingerprint density at radius 1 is 1.06 bits per heavy atom. The topological polar surface area (TPSA) is 117 Å². The number of rotatable bonds is 5. The number of nitrogens with zero attached hydrogens (tertiary/aromatic N) is 5. The molecule has 0 radical (unpaired) electrons. The van der Waals surface area contributed by atoms with Crippen molar-refractivity contribution in [3.05, 3.63) is 105 Å². The molecule has 1 aliphatic heterocycles. The van der Waals surface area contributed by atoms with Crippen molar-refractivity contribution in [2.45, 2.75) is 19.0 Å². The summed E-state index contributed by atoms with van der Waals surface area (Å²) >= 11 is 0. The number of nitrogens with one attached hydrogen (secondary N) is 2. The van der Waals surface area contributed by atoms with E-state index in [9.17, 15) is 10.1 Å². The van der Waals surface area contributed by atoms with Gasteiger partial charge < -0.3 is 4.98 Å². The van der Waals surface area contributed by atoms with Crippen LogP contribution in [0, 0.1) is 10.1 Å². The fourth-order valence-electron chi connectivity index (χ4n) is 4.97. The molecule has 9 nitrogen and oxygen atoms in total. The Hall–Kier alpha value is -4.37. The molecule has 9 heteroatoms. The van der Waals surface area contributed by atoms with Gasteiger partial charge in [-0.15, -0.1) is 10.2 Å². The largest absolute Gasteiger partial charge is 0.357 e. The Labute approximate surface area is 194 Å². The van der Waals surface area contributed by atoms with Crippen LogP contribution in [0.3, 0.4) is 0 Å². The minimum absolute atomic E-state index is 0.0970. The highest BCUT2D eigenvalue weighted by molar-refractivity contribution is 5.85. The lowest BCUT2D eigenvalue weighted by Crippen LogP contribution is -2.35. The normalized spacial score (nSPS) is 15.9. The van der Waals surface area contributed by atoms with Gasteiger partial charge in [-0.3, -0.25) is 15.0 Å². The molecular formula is C25H21N7O2. The van der Waals surface area contributed by atoms with Gasteiger partial charge in [-0.05, 0) is 40.5 Å². The van der Waals surface area contributed by atoms with Gasteiger partial charge in [0.1, 0.15) is 0 Å². The van der Waals surface area contributed by atoms with Crippen LogP contribution in [0.1, 0.15) is 28.4 Å². The molecule has 1 unspecified atom stereocenters. The molecule has 168 valence electrons. The number of H-pyrrole nitrogens is 2. The van der Waals surface area contributed by atoms with Gasteiger partial charge in [0.15, 0.2) is 0 Å². The van der Waals surface area contributed by atoms with E-state index in [1.807, 2.05) is 24.3 Å². The van der Waals surface area contributed by atoms with Crippen LogP contribution < -0.4 is 0 Å². The fourth-order valence-corrected chi connectivity index (χ4v) is 4.97. The molecule has 0 spiro atoms. The van der Waals surface area contributed by atoms with Gasteiger partial charge in [0, 0.05) is 47.4 Å². The first-order chi connectivity index (χ1) is 16.7. The molecular weight excluding hydrogens is 430 g/mol. The van der Waals surface area contributed by atoms with Crippen LogP contribution in [-0.4, -0.2) is 42.0 Å². The van der Waals surface area contributed by atoms with E-state index in [2.05, 4.69) is 60.8 Å². The van der Waals surface area contributed by atoms with Crippen molar-refractivity contribution in [3.8, 4) is 11.4 Å². The van der Waals surface area contributed by atoms with Crippen LogP contribution in [0.25, 0.3) is 22.3 Å². The van der Waals surface area contributed by atoms with Crippen molar-refractivity contribution in [2.24, 2.45) is 0 Å². The predicted molar refractivity (Wildman–Crippen MR) is 127 cm³/mol. The number of aromatic nitrogens is 5. The Balaban J connectivity index is 1.43. The average Bonchev–Trinajstić information content (AvgIpc) is 3.52. The Bertz CT molecular complexity index is 1490. The van der Waals surface area contributed by atoms with Gasteiger partial charge >= 0.3 is 0 Å². The maximum absolute atomic E-state index is 11.5. The van der Waals surface area contributed by atoms with Gasteiger partial charge in [0.2, 0.25) is 5.82 Å². The molecule has 34 heavy (non-hydrogen) atoms. The molecule has 0 amide bonds. The van der Waals surface area contributed by atoms with Crippen LogP contribution >= 0.6 is 0 Å². The van der Waals surface area contributed by atoms with Gasteiger partial charge in [0.05, 0.1) is 11.0 Å². The molecule has 0 fully saturated rings. The smallest absolute Gasteiger partial charge is 0.269 e. The molecule has 6 rings (SSSR count). The van der Waals surface area contributed by atoms with Crippen molar-refractivity contribution in [1.29, 1.82) is 0 Å². The number of para-hydroxylation sites is 1. The van der Waals surface area contributed by atoms with Crippen molar-refractivity contribution in [2.75, 3.05) is 6.54 Å². The second-order valence-electron chi connectivity index (χ2n) is 8.47. The SMILES string of the molecule is O=[N+]([O-])c1cccc(C2c3[nH]c4ccccc4c3CCN2Cc2cccc(-c3nn[nH]n3)c2)c1. The van der Waals surface area contributed by atoms with E-state index < -0.39 is 0 Å². The highest BCUT2D eigenvalue weighted by Gasteiger charge is 2.32. The molecule has 0 saturated heterocycles. The molecule has 1 aliphatic rings. The maximum Gasteiger partial charge on any atom is 0.269 e. The summed E-state index contributed by atoms with van der Waals surface area (Å²) in [4.78, 5) is 17.2. The Morgan fingerprint density at radius 2 is 1.94 bits per heavy atom. The number of hydrogen-bond acceptors (Lipinski definition) is 6. The average molecular weight is 451 g/mol. The monoisotopic (exact) mass is 451 g/mol. The van der Waals surface area contributed by atoms with Crippen molar-refractivity contribution in [3.63, 3.8) is 0 Å². The van der Waals surface area contributed by atoms with Crippen LogP contribution in [0.15, 0.2) is 72.8 Å². The van der Waals surface area contributed by atoms with E-state index >= 15 is 0 Å². The van der Waals surface area contributed by atoms with Gasteiger partial charge in [-0.1, -0.05) is 48.5 Å². The number of tetrazole rings is 1. The van der Waals surface area contributed by atoms with Crippen LogP contribution in [0.2, 0.25) is 0 Å². The fraction of sp³-hybridized carbons (Fsp3) is 0.160. The molecule has 2 N–H and O–H groups in total. The number of nitro groups is 1. The number of benzene rings is 3. The number of non-ortho nitro benzene ring substituents is 1. The molecule has 0 aliphatic carbocycles. The van der Waals surface area contributed by atoms with E-state index in [1.54, 1.807) is 12.1 Å². The lowest BCUT2D eigenvalue weighted by atomic mass is 9.91. The lowest BCUT2D eigenvalue weighted by molar-refractivity contribution is -0.384. The Morgan fingerprint density at radius 3 is 2.79 bits per heavy atom. The molecule has 5 aromatic rings. The summed E-state index contributed by atoms with van der Waals surface area (Å²) in [5, 5.41) is 27.1. The molecule has 1 atom stereocenters. The predicted octanol–water partition coefficient (Wildman–Crippen LogP) is 4.40. The first-order valence-corrected chi connectivity index (χ1v) is 11.1. The summed E-state index contributed by atoms with van der Waals surface area (Å²) in [5.74, 6) is 0.550. The second kappa shape index (κ2) is 8.20. The van der Waals surface area contributed by atoms with Crippen LogP contribution in [0.4, 0.5) is 5.69 Å². The van der Waals surface area contributed by atoms with Gasteiger partial charge in [0.25, 0.3) is 5.69 Å². The van der Waals surface area contributed by atoms with E-state index in [4.69, 9.17) is 0 Å². The van der Waals surface area contributed by atoms with Crippen molar-refractivity contribution in [1.82, 2.24) is 30.5 Å². The summed E-state index contributed by atoms with van der Waals surface area (Å²) in [6, 6.07) is 23.2. The Kier molecular flexibility index (Phi) is 4.88. The summed E-state index contributed by atoms with van der Waals surface area (Å²) in [5.41, 5.74) is 6.46. The molecule has 3 heterocycles. The molecule has 3 aromatic carbocycles. The second-order valence-corrected chi connectivity index (χ2v) is 8.47. The third-order valence-electron chi connectivity index (χ3n) is 6.45. The lowest BCUT2D eigenvalue weighted by Gasteiger charge is -2.36. The summed E-state index contributed by atoms with van der Waals surface area (Å²) in [6.07, 6.45) is 0.898. The highest BCUT2D eigenvalue weighted by atomic mass is 16.6. The maximum atomic E-state index is 11.5. The number of fused-ring (bicyclic) bond motifs is 3. The quantitative estimate of drug-likeness (QED) is 0.302. The molecule has 0 bridgehead atoms. The highest BCUT2D eigenvalue weighted by Crippen LogP contribution is 2.40. The van der Waals surface area contributed by atoms with Crippen LogP contribution in [-0.2, 0) is 13.0 Å². The molecule has 0 saturated carbocycles. The third-order valence-corrected chi connectivity index (χ3v) is 6.45. The van der Waals surface area contributed by atoms with E-state index in [1.165, 1.54) is 17.0 Å². The van der Waals surface area contributed by atoms with Gasteiger partial charge in [-0.25, -0.2) is 0 Å². The minimum atomic E-state index is -0.336. The summed E-state index contributed by atoms with van der Waals surface area (Å²) < 4.78 is 0. The number of aromatic amines is 2. The summed E-state index contributed by atoms with van der Waals surface area (Å²) in [7, 11) is 0. The van der Waals surface area contributed by atoms with E-state index in [0.29, 0.717) is 12.4 Å². The zero-order valence-electron chi connectivity index (χ0n) is 18.2. The van der Waals surface area contributed by atoms with E-state index in [-0.39, 0.29) is 16.7 Å². The summed E-state index contributed by atoms with van der Waals surface area (Å²) in [6.45, 7) is 1.50. The number of nitro benzene ring substituents is 1. The first kappa shape index (κ1) is 20.3. The van der Waals surface area contributed by atoms with Gasteiger partial charge in [-0.2, -0.15) is 5.21 Å². The first-order valence-electron chi connectivity index (χ1n) is 11.1. The van der Waals surface area contributed by atoms with Crippen LogP contribution in [0.5, 0.6) is 0 Å². The standard InChI is InChI=1S/C25H21N7O2/c33-32(34)19-8-4-6-17(14-19)24-23-21(20-9-1-2-10-22(20)26-23)11-12-31(24)15-16-5-3-7-18(13-16)25-27-29-30-28-25/h1-10,13-14,24,26H,11-12,15H2,(H,27,28,29,30).